The Labute approximate surface area is 389 Å². The average molecular weight is 855 g/mol. The van der Waals surface area contributed by atoms with Gasteiger partial charge in [-0.2, -0.15) is 0 Å². The summed E-state index contributed by atoms with van der Waals surface area (Å²) in [5, 5.41) is 4.93. The summed E-state index contributed by atoms with van der Waals surface area (Å²) in [5.41, 5.74) is 18.2. The summed E-state index contributed by atoms with van der Waals surface area (Å²) >= 11 is 0. The predicted octanol–water partition coefficient (Wildman–Crippen LogP) is 16.3. The molecule has 4 heteroatoms. The van der Waals surface area contributed by atoms with Crippen LogP contribution in [0, 0.1) is 5.92 Å². The highest BCUT2D eigenvalue weighted by Gasteiger charge is 2.18. The molecule has 2 heterocycles. The lowest BCUT2D eigenvalue weighted by atomic mass is 9.93. The minimum Gasteiger partial charge on any atom is -0.355 e. The Morgan fingerprint density at radius 2 is 1.35 bits per heavy atom. The van der Waals surface area contributed by atoms with Gasteiger partial charge in [0, 0.05) is 51.3 Å². The summed E-state index contributed by atoms with van der Waals surface area (Å²) in [6, 6.07) is 70.6. The zero-order valence-electron chi connectivity index (χ0n) is 37.9. The molecule has 0 bridgehead atoms. The van der Waals surface area contributed by atoms with Crippen LogP contribution in [0.2, 0.25) is 0 Å². The highest BCUT2D eigenvalue weighted by atomic mass is 15.0. The smallest absolute Gasteiger partial charge is 0.0895 e. The number of anilines is 2. The fourth-order valence-electron chi connectivity index (χ4n) is 8.82. The standard InChI is InChI=1S/C62H54N4/c1-5-22-54-55-35-17-19-37-62(55)66(61(54)23-6-2)52-33-21-31-49(39-52)58-40-50(46-25-10-7-11-26-46)41-60(65-58)59(42-56(44(3)4)48-29-14-9-15-30-48)63-43-45-24-20-32-51(38-45)64-57-36-18-16-34-53(57)47-27-12-8-13-28-47/h5-22,24-42,44,64H,2,23,43H2,1,3-4H3/b22-5-,56-42+,63-59?. The zero-order chi connectivity index (χ0) is 45.2. The molecule has 0 saturated heterocycles. The maximum absolute atomic E-state index is 5.53. The summed E-state index contributed by atoms with van der Waals surface area (Å²) in [5.74, 6) is 0.233. The number of nitrogens with one attached hydrogen (secondary N) is 1. The first-order valence-corrected chi connectivity index (χ1v) is 22.8. The third-order valence-corrected chi connectivity index (χ3v) is 12.0. The second-order valence-corrected chi connectivity index (χ2v) is 16.8. The van der Waals surface area contributed by atoms with E-state index >= 15 is 0 Å². The zero-order valence-corrected chi connectivity index (χ0v) is 37.9. The molecule has 2 aromatic heterocycles. The van der Waals surface area contributed by atoms with E-state index in [0.29, 0.717) is 6.54 Å². The Kier molecular flexibility index (Phi) is 13.2. The summed E-state index contributed by atoms with van der Waals surface area (Å²) in [6.07, 6.45) is 9.31. The number of fused-ring (bicyclic) bond motifs is 1. The molecule has 0 radical (unpaired) electrons. The number of hydrogen-bond donors (Lipinski definition) is 1. The van der Waals surface area contributed by atoms with Gasteiger partial charge in [-0.3, -0.25) is 4.99 Å². The van der Waals surface area contributed by atoms with Crippen molar-refractivity contribution in [2.75, 3.05) is 5.32 Å². The van der Waals surface area contributed by atoms with Crippen LogP contribution < -0.4 is 5.32 Å². The van der Waals surface area contributed by atoms with Gasteiger partial charge >= 0.3 is 0 Å². The van der Waals surface area contributed by atoms with Gasteiger partial charge in [0.15, 0.2) is 0 Å². The van der Waals surface area contributed by atoms with Crippen molar-refractivity contribution in [3.63, 3.8) is 0 Å². The minimum absolute atomic E-state index is 0.233. The van der Waals surface area contributed by atoms with Gasteiger partial charge in [0.2, 0.25) is 0 Å². The van der Waals surface area contributed by atoms with Crippen molar-refractivity contribution in [1.82, 2.24) is 9.55 Å². The van der Waals surface area contributed by atoms with Crippen LogP contribution in [0.15, 0.2) is 230 Å². The molecule has 0 fully saturated rings. The largest absolute Gasteiger partial charge is 0.355 e. The van der Waals surface area contributed by atoms with Crippen molar-refractivity contribution in [3.05, 3.63) is 253 Å². The Hall–Kier alpha value is -8.08. The number of aromatic nitrogens is 2. The van der Waals surface area contributed by atoms with E-state index in [1.165, 1.54) is 33.3 Å². The van der Waals surface area contributed by atoms with E-state index in [0.717, 1.165) is 73.9 Å². The Morgan fingerprint density at radius 1 is 0.667 bits per heavy atom. The number of benzene rings is 7. The van der Waals surface area contributed by atoms with Crippen LogP contribution in [-0.4, -0.2) is 15.3 Å². The quantitative estimate of drug-likeness (QED) is 0.0824. The normalized spacial score (nSPS) is 12.0. The minimum atomic E-state index is 0.233. The van der Waals surface area contributed by atoms with Crippen LogP contribution in [0.3, 0.4) is 0 Å². The first-order valence-electron chi connectivity index (χ1n) is 22.8. The van der Waals surface area contributed by atoms with Crippen molar-refractivity contribution >= 4 is 39.6 Å². The molecule has 1 N–H and O–H groups in total. The molecule has 0 aliphatic heterocycles. The molecule has 0 amide bonds. The molecule has 66 heavy (non-hydrogen) atoms. The number of hydrogen-bond acceptors (Lipinski definition) is 3. The highest BCUT2D eigenvalue weighted by molar-refractivity contribution is 6.12. The SMILES string of the molecule is C=CCc1c(/C=C\C)c2ccccc2n1-c1cccc(-c2cc(-c3ccccc3)cc(C(/C=C(/c3ccccc3)C(C)C)=NCc3cccc(Nc4ccccc4-c4ccccc4)c3)n2)c1. The number of para-hydroxylation sites is 2. The third kappa shape index (κ3) is 9.55. The van der Waals surface area contributed by atoms with Crippen molar-refractivity contribution in [2.24, 2.45) is 10.9 Å². The lowest BCUT2D eigenvalue weighted by Crippen LogP contribution is -2.07. The monoisotopic (exact) mass is 854 g/mol. The number of nitrogens with zero attached hydrogens (tertiary/aromatic N) is 3. The van der Waals surface area contributed by atoms with Gasteiger partial charge in [0.05, 0.1) is 29.2 Å². The first-order chi connectivity index (χ1) is 32.5. The van der Waals surface area contributed by atoms with Gasteiger partial charge in [-0.1, -0.05) is 184 Å². The summed E-state index contributed by atoms with van der Waals surface area (Å²) in [4.78, 5) is 11.0. The van der Waals surface area contributed by atoms with Gasteiger partial charge in [0.25, 0.3) is 0 Å². The molecule has 4 nitrogen and oxygen atoms in total. The van der Waals surface area contributed by atoms with Crippen LogP contribution in [0.1, 0.15) is 48.8 Å². The molecule has 0 saturated carbocycles. The lowest BCUT2D eigenvalue weighted by Gasteiger charge is -2.16. The van der Waals surface area contributed by atoms with Crippen molar-refractivity contribution < 1.29 is 0 Å². The second kappa shape index (κ2) is 20.2. The fourth-order valence-corrected chi connectivity index (χ4v) is 8.82. The topological polar surface area (TPSA) is 42.2 Å². The molecule has 0 atom stereocenters. The van der Waals surface area contributed by atoms with Crippen LogP contribution in [0.5, 0.6) is 0 Å². The second-order valence-electron chi connectivity index (χ2n) is 16.8. The van der Waals surface area contributed by atoms with Gasteiger partial charge in [-0.15, -0.1) is 6.58 Å². The first kappa shape index (κ1) is 43.2. The number of rotatable bonds is 15. The summed E-state index contributed by atoms with van der Waals surface area (Å²) < 4.78 is 2.38. The van der Waals surface area contributed by atoms with Crippen molar-refractivity contribution in [1.29, 1.82) is 0 Å². The van der Waals surface area contributed by atoms with E-state index in [2.05, 4.69) is 256 Å². The van der Waals surface area contributed by atoms with Gasteiger partial charge < -0.3 is 9.88 Å². The van der Waals surface area contributed by atoms with Gasteiger partial charge in [-0.05, 0) is 101 Å². The fraction of sp³-hybridized carbons (Fsp3) is 0.0968. The van der Waals surface area contributed by atoms with Crippen LogP contribution in [-0.2, 0) is 13.0 Å². The van der Waals surface area contributed by atoms with Crippen LogP contribution in [0.25, 0.3) is 61.8 Å². The van der Waals surface area contributed by atoms with Gasteiger partial charge in [0.1, 0.15) is 0 Å². The number of aliphatic imine (C=N–C) groups is 1. The average Bonchev–Trinajstić information content (AvgIpc) is 3.67. The van der Waals surface area contributed by atoms with Crippen molar-refractivity contribution in [2.45, 2.75) is 33.7 Å². The maximum atomic E-state index is 5.53. The maximum Gasteiger partial charge on any atom is 0.0895 e. The van der Waals surface area contributed by atoms with Gasteiger partial charge in [-0.25, -0.2) is 4.98 Å². The van der Waals surface area contributed by atoms with E-state index in [1.807, 2.05) is 6.08 Å². The van der Waals surface area contributed by atoms with E-state index < -0.39 is 0 Å². The molecule has 0 aliphatic rings. The number of allylic oxidation sites excluding steroid dienone is 4. The molecule has 0 aliphatic carbocycles. The molecule has 9 aromatic rings. The lowest BCUT2D eigenvalue weighted by molar-refractivity contribution is 0.856. The molecule has 0 spiro atoms. The molecule has 322 valence electrons. The molecule has 9 rings (SSSR count). The van der Waals surface area contributed by atoms with Crippen LogP contribution in [0.4, 0.5) is 11.4 Å². The van der Waals surface area contributed by atoms with E-state index in [4.69, 9.17) is 9.98 Å². The predicted molar refractivity (Wildman–Crippen MR) is 282 cm³/mol. The van der Waals surface area contributed by atoms with E-state index in [-0.39, 0.29) is 5.92 Å². The highest BCUT2D eigenvalue weighted by Crippen LogP contribution is 2.35. The molecule has 7 aromatic carbocycles. The van der Waals surface area contributed by atoms with Crippen LogP contribution >= 0.6 is 0 Å². The number of pyridine rings is 1. The summed E-state index contributed by atoms with van der Waals surface area (Å²) in [6.45, 7) is 11.2. The third-order valence-electron chi connectivity index (χ3n) is 12.0. The summed E-state index contributed by atoms with van der Waals surface area (Å²) in [7, 11) is 0. The Morgan fingerprint density at radius 3 is 2.11 bits per heavy atom. The Bertz CT molecular complexity index is 3210. The van der Waals surface area contributed by atoms with E-state index in [9.17, 15) is 0 Å². The Balaban J connectivity index is 1.17. The molecular weight excluding hydrogens is 801 g/mol. The van der Waals surface area contributed by atoms with E-state index in [1.54, 1.807) is 0 Å². The molecule has 0 unspecified atom stereocenters. The molecular formula is C62H54N4. The van der Waals surface area contributed by atoms with Crippen molar-refractivity contribution in [3.8, 4) is 39.2 Å².